The predicted octanol–water partition coefficient (Wildman–Crippen LogP) is 4.62. The van der Waals surface area contributed by atoms with Gasteiger partial charge in [-0.1, -0.05) is 30.5 Å². The summed E-state index contributed by atoms with van der Waals surface area (Å²) in [6.45, 7) is 2.02. The Morgan fingerprint density at radius 1 is 0.923 bits per heavy atom. The fourth-order valence-corrected chi connectivity index (χ4v) is 3.32. The van der Waals surface area contributed by atoms with E-state index in [0.717, 1.165) is 24.2 Å². The molecule has 5 heteroatoms. The van der Waals surface area contributed by atoms with Gasteiger partial charge in [0.1, 0.15) is 11.5 Å². The number of carboxylic acids is 1. The SMILES string of the molecule is Cc1ccc(Oc2ccc(NC(=O)C3CCCCC3C(=O)O)cc2)cc1. The fourth-order valence-electron chi connectivity index (χ4n) is 3.32. The molecule has 136 valence electrons. The molecule has 1 aliphatic rings. The molecule has 0 aromatic heterocycles. The number of carboxylic acid groups (broad SMARTS) is 1. The first kappa shape index (κ1) is 18.0. The van der Waals surface area contributed by atoms with E-state index < -0.39 is 17.8 Å². The summed E-state index contributed by atoms with van der Waals surface area (Å²) in [5.41, 5.74) is 1.80. The van der Waals surface area contributed by atoms with E-state index in [4.69, 9.17) is 4.74 Å². The molecule has 1 aliphatic carbocycles. The quantitative estimate of drug-likeness (QED) is 0.822. The van der Waals surface area contributed by atoms with Crippen LogP contribution >= 0.6 is 0 Å². The number of ether oxygens (including phenoxy) is 1. The Hall–Kier alpha value is -2.82. The van der Waals surface area contributed by atoms with Crippen molar-refractivity contribution >= 4 is 17.6 Å². The maximum atomic E-state index is 12.5. The number of aryl methyl sites for hydroxylation is 1. The van der Waals surface area contributed by atoms with Crippen LogP contribution in [0.4, 0.5) is 5.69 Å². The van der Waals surface area contributed by atoms with Gasteiger partial charge in [0.25, 0.3) is 0 Å². The summed E-state index contributed by atoms with van der Waals surface area (Å²) in [6.07, 6.45) is 2.95. The summed E-state index contributed by atoms with van der Waals surface area (Å²) in [4.78, 5) is 23.8. The summed E-state index contributed by atoms with van der Waals surface area (Å²) in [6, 6.07) is 14.9. The first-order chi connectivity index (χ1) is 12.5. The van der Waals surface area contributed by atoms with E-state index in [1.54, 1.807) is 24.3 Å². The lowest BCUT2D eigenvalue weighted by atomic mass is 9.78. The summed E-state index contributed by atoms with van der Waals surface area (Å²) in [5.74, 6) is -0.736. The standard InChI is InChI=1S/C21H23NO4/c1-14-6-10-16(11-7-14)26-17-12-8-15(9-13-17)22-20(23)18-4-2-3-5-19(18)21(24)25/h6-13,18-19H,2-5H2,1H3,(H,22,23)(H,24,25). The maximum Gasteiger partial charge on any atom is 0.307 e. The summed E-state index contributed by atoms with van der Waals surface area (Å²) in [5, 5.41) is 12.2. The zero-order valence-corrected chi connectivity index (χ0v) is 14.8. The van der Waals surface area contributed by atoms with Crippen LogP contribution in [0, 0.1) is 18.8 Å². The molecule has 0 aliphatic heterocycles. The van der Waals surface area contributed by atoms with Gasteiger partial charge in [-0.05, 0) is 56.2 Å². The van der Waals surface area contributed by atoms with Crippen LogP contribution in [-0.2, 0) is 9.59 Å². The number of hydrogen-bond donors (Lipinski definition) is 2. The van der Waals surface area contributed by atoms with E-state index in [9.17, 15) is 14.7 Å². The van der Waals surface area contributed by atoms with E-state index in [1.165, 1.54) is 0 Å². The van der Waals surface area contributed by atoms with Crippen molar-refractivity contribution in [2.24, 2.45) is 11.8 Å². The van der Waals surface area contributed by atoms with Gasteiger partial charge >= 0.3 is 5.97 Å². The van der Waals surface area contributed by atoms with Gasteiger partial charge in [0.05, 0.1) is 11.8 Å². The van der Waals surface area contributed by atoms with Gasteiger partial charge in [0.2, 0.25) is 5.91 Å². The Bertz CT molecular complexity index is 768. The lowest BCUT2D eigenvalue weighted by Crippen LogP contribution is -2.36. The molecule has 1 fully saturated rings. The third-order valence-electron chi connectivity index (χ3n) is 4.80. The van der Waals surface area contributed by atoms with Gasteiger partial charge in [-0.25, -0.2) is 0 Å². The van der Waals surface area contributed by atoms with Gasteiger partial charge < -0.3 is 15.2 Å². The molecule has 1 saturated carbocycles. The van der Waals surface area contributed by atoms with Crippen LogP contribution in [0.15, 0.2) is 48.5 Å². The molecule has 2 unspecified atom stereocenters. The third-order valence-corrected chi connectivity index (χ3v) is 4.80. The molecule has 2 N–H and O–H groups in total. The van der Waals surface area contributed by atoms with E-state index in [1.807, 2.05) is 31.2 Å². The van der Waals surface area contributed by atoms with Gasteiger partial charge in [-0.3, -0.25) is 9.59 Å². The smallest absolute Gasteiger partial charge is 0.307 e. The van der Waals surface area contributed by atoms with Crippen molar-refractivity contribution in [3.63, 3.8) is 0 Å². The van der Waals surface area contributed by atoms with E-state index in [-0.39, 0.29) is 5.91 Å². The van der Waals surface area contributed by atoms with Crippen LogP contribution < -0.4 is 10.1 Å². The zero-order valence-electron chi connectivity index (χ0n) is 14.8. The highest BCUT2D eigenvalue weighted by Gasteiger charge is 2.35. The molecular formula is C21H23NO4. The number of nitrogens with one attached hydrogen (secondary N) is 1. The minimum absolute atomic E-state index is 0.218. The van der Waals surface area contributed by atoms with Crippen molar-refractivity contribution in [3.05, 3.63) is 54.1 Å². The molecule has 1 amide bonds. The molecule has 2 atom stereocenters. The molecule has 3 rings (SSSR count). The highest BCUT2D eigenvalue weighted by atomic mass is 16.5. The first-order valence-corrected chi connectivity index (χ1v) is 8.91. The van der Waals surface area contributed by atoms with E-state index in [2.05, 4.69) is 5.32 Å². The monoisotopic (exact) mass is 353 g/mol. The molecule has 2 aromatic rings. The summed E-state index contributed by atoms with van der Waals surface area (Å²) < 4.78 is 5.77. The number of anilines is 1. The van der Waals surface area contributed by atoms with E-state index >= 15 is 0 Å². The number of rotatable bonds is 5. The molecule has 0 radical (unpaired) electrons. The van der Waals surface area contributed by atoms with Crippen molar-refractivity contribution in [1.29, 1.82) is 0 Å². The second-order valence-corrected chi connectivity index (χ2v) is 6.76. The first-order valence-electron chi connectivity index (χ1n) is 8.91. The number of aliphatic carboxylic acids is 1. The second-order valence-electron chi connectivity index (χ2n) is 6.76. The molecule has 5 nitrogen and oxygen atoms in total. The Labute approximate surface area is 153 Å². The number of carbonyl (C=O) groups excluding carboxylic acids is 1. The Balaban J connectivity index is 1.62. The van der Waals surface area contributed by atoms with Crippen molar-refractivity contribution in [2.45, 2.75) is 32.6 Å². The molecule has 0 bridgehead atoms. The Morgan fingerprint density at radius 2 is 1.46 bits per heavy atom. The van der Waals surface area contributed by atoms with Crippen LogP contribution in [0.2, 0.25) is 0 Å². The lowest BCUT2D eigenvalue weighted by molar-refractivity contribution is -0.147. The molecular weight excluding hydrogens is 330 g/mol. The van der Waals surface area contributed by atoms with E-state index in [0.29, 0.717) is 24.3 Å². The number of hydrogen-bond acceptors (Lipinski definition) is 3. The molecule has 26 heavy (non-hydrogen) atoms. The average molecular weight is 353 g/mol. The van der Waals surface area contributed by atoms with Gasteiger partial charge in [0.15, 0.2) is 0 Å². The maximum absolute atomic E-state index is 12.5. The van der Waals surface area contributed by atoms with Gasteiger partial charge in [0, 0.05) is 5.69 Å². The zero-order chi connectivity index (χ0) is 18.5. The summed E-state index contributed by atoms with van der Waals surface area (Å²) >= 11 is 0. The normalized spacial score (nSPS) is 19.6. The van der Waals surface area contributed by atoms with Crippen molar-refractivity contribution < 1.29 is 19.4 Å². The van der Waals surface area contributed by atoms with Gasteiger partial charge in [-0.15, -0.1) is 0 Å². The van der Waals surface area contributed by atoms with Crippen molar-refractivity contribution in [1.82, 2.24) is 0 Å². The van der Waals surface area contributed by atoms with Crippen molar-refractivity contribution in [3.8, 4) is 11.5 Å². The van der Waals surface area contributed by atoms with Crippen LogP contribution in [0.1, 0.15) is 31.2 Å². The lowest BCUT2D eigenvalue weighted by Gasteiger charge is -2.27. The van der Waals surface area contributed by atoms with Crippen LogP contribution in [0.3, 0.4) is 0 Å². The Kier molecular flexibility index (Phi) is 5.56. The van der Waals surface area contributed by atoms with Gasteiger partial charge in [-0.2, -0.15) is 0 Å². The average Bonchev–Trinajstić information content (AvgIpc) is 2.65. The largest absolute Gasteiger partial charge is 0.481 e. The fraction of sp³-hybridized carbons (Fsp3) is 0.333. The minimum Gasteiger partial charge on any atom is -0.481 e. The summed E-state index contributed by atoms with van der Waals surface area (Å²) in [7, 11) is 0. The highest BCUT2D eigenvalue weighted by Crippen LogP contribution is 2.31. The number of benzene rings is 2. The number of amides is 1. The molecule has 0 spiro atoms. The topological polar surface area (TPSA) is 75.6 Å². The minimum atomic E-state index is -0.883. The Morgan fingerprint density at radius 3 is 2.04 bits per heavy atom. The predicted molar refractivity (Wildman–Crippen MR) is 99.4 cm³/mol. The molecule has 0 heterocycles. The van der Waals surface area contributed by atoms with Crippen LogP contribution in [0.5, 0.6) is 11.5 Å². The number of carbonyl (C=O) groups is 2. The molecule has 0 saturated heterocycles. The van der Waals surface area contributed by atoms with Crippen molar-refractivity contribution in [2.75, 3.05) is 5.32 Å². The third kappa shape index (κ3) is 4.42. The molecule has 2 aromatic carbocycles. The van der Waals surface area contributed by atoms with Crippen LogP contribution in [-0.4, -0.2) is 17.0 Å². The van der Waals surface area contributed by atoms with Crippen LogP contribution in [0.25, 0.3) is 0 Å². The second kappa shape index (κ2) is 8.04. The highest BCUT2D eigenvalue weighted by molar-refractivity contribution is 5.95.